The van der Waals surface area contributed by atoms with E-state index in [-0.39, 0.29) is 105 Å². The third kappa shape index (κ3) is 12.7. The first-order valence-electron chi connectivity index (χ1n) is 29.7. The number of esters is 3. The zero-order chi connectivity index (χ0) is 68.4. The molecule has 0 radical (unpaired) electrons. The lowest BCUT2D eigenvalue weighted by atomic mass is 9.89. The molecule has 31 heteroatoms. The molecule has 97 heavy (non-hydrogen) atoms. The highest BCUT2D eigenvalue weighted by Gasteiger charge is 2.44. The van der Waals surface area contributed by atoms with E-state index in [1.165, 1.54) is 60.7 Å². The number of cyclic esters (lactones) is 2. The summed E-state index contributed by atoms with van der Waals surface area (Å²) in [5.41, 5.74) is 4.36. The third-order valence-electron chi connectivity index (χ3n) is 16.7. The minimum absolute atomic E-state index is 0.0180. The molecule has 0 spiro atoms. The molecule has 0 saturated carbocycles. The van der Waals surface area contributed by atoms with Gasteiger partial charge in [-0.3, -0.25) is 28.8 Å². The third-order valence-corrected chi connectivity index (χ3v) is 17.3. The number of benzene rings is 7. The number of ether oxygens (including phenoxy) is 7. The van der Waals surface area contributed by atoms with Crippen molar-refractivity contribution in [2.75, 3.05) is 13.2 Å². The Morgan fingerprint density at radius 2 is 1.09 bits per heavy atom. The van der Waals surface area contributed by atoms with Crippen molar-refractivity contribution < 1.29 is 107 Å². The Morgan fingerprint density at radius 3 is 1.76 bits per heavy atom. The Balaban J connectivity index is 1.04. The highest BCUT2D eigenvalue weighted by Crippen LogP contribution is 2.49. The van der Waals surface area contributed by atoms with E-state index in [0.717, 1.165) is 54.6 Å². The fraction of sp³-hybridized carbons (Fsp3) is 0.227. The molecule has 498 valence electrons. The molecule has 17 bridgehead atoms. The van der Waals surface area contributed by atoms with Crippen molar-refractivity contribution in [3.05, 3.63) is 164 Å². The molecule has 8 aliphatic rings. The topological polar surface area (TPSA) is 438 Å². The van der Waals surface area contributed by atoms with Crippen molar-refractivity contribution in [1.82, 2.24) is 31.9 Å². The van der Waals surface area contributed by atoms with Crippen LogP contribution >= 0.6 is 23.2 Å². The van der Waals surface area contributed by atoms with Crippen LogP contribution in [0.1, 0.15) is 88.1 Å². The monoisotopic (exact) mass is 1370 g/mol. The number of nitrogens with two attached hydrogens (primary N) is 1. The lowest BCUT2D eigenvalue weighted by Gasteiger charge is -2.31. The molecular formula is C66H53Cl2N7O22. The molecule has 10 atom stereocenters. The van der Waals surface area contributed by atoms with Gasteiger partial charge in [0.15, 0.2) is 35.1 Å². The summed E-state index contributed by atoms with van der Waals surface area (Å²) in [7, 11) is 0. The maximum Gasteiger partial charge on any atom is 0.347 e. The minimum Gasteiger partial charge on any atom is -0.508 e. The summed E-state index contributed by atoms with van der Waals surface area (Å²) in [5, 5.41) is 84.3. The molecule has 0 aromatic heterocycles. The zero-order valence-electron chi connectivity index (χ0n) is 49.8. The maximum atomic E-state index is 16.1. The van der Waals surface area contributed by atoms with Gasteiger partial charge in [-0.15, -0.1) is 0 Å². The molecule has 2 saturated heterocycles. The van der Waals surface area contributed by atoms with Crippen LogP contribution in [0, 0.1) is 0 Å². The molecule has 8 heterocycles. The van der Waals surface area contributed by atoms with Gasteiger partial charge in [0.25, 0.3) is 0 Å². The van der Waals surface area contributed by atoms with Gasteiger partial charge >= 0.3 is 17.9 Å². The maximum absolute atomic E-state index is 16.1. The number of fused-ring (bicyclic) bond motifs is 14. The molecule has 6 amide bonds. The summed E-state index contributed by atoms with van der Waals surface area (Å²) >= 11 is 14.1. The second-order valence-electron chi connectivity index (χ2n) is 23.2. The van der Waals surface area contributed by atoms with Gasteiger partial charge in [-0.2, -0.15) is 0 Å². The summed E-state index contributed by atoms with van der Waals surface area (Å²) in [6.45, 7) is -0.245. The van der Waals surface area contributed by atoms with Crippen molar-refractivity contribution >= 4 is 76.6 Å². The number of halogens is 2. The molecule has 14 N–H and O–H groups in total. The van der Waals surface area contributed by atoms with Gasteiger partial charge in [-0.25, -0.2) is 14.4 Å². The van der Waals surface area contributed by atoms with Crippen LogP contribution in [0.2, 0.25) is 10.0 Å². The first-order chi connectivity index (χ1) is 46.4. The predicted octanol–water partition coefficient (Wildman–Crippen LogP) is 4.75. The summed E-state index contributed by atoms with van der Waals surface area (Å²) in [6, 6.07) is 8.18. The molecule has 7 aromatic carbocycles. The fourth-order valence-corrected chi connectivity index (χ4v) is 12.3. The number of nitrogens with one attached hydrogen (secondary N) is 6. The van der Waals surface area contributed by atoms with Gasteiger partial charge < -0.3 is 101 Å². The Labute approximate surface area is 556 Å². The number of aromatic hydroxyl groups is 5. The highest BCUT2D eigenvalue weighted by atomic mass is 35.5. The minimum atomic E-state index is -2.26. The number of carbonyl (C=O) groups excluding carboxylic acids is 9. The molecule has 7 aromatic rings. The smallest absolute Gasteiger partial charge is 0.347 e. The van der Waals surface area contributed by atoms with Gasteiger partial charge in [0.1, 0.15) is 82.6 Å². The summed E-state index contributed by atoms with van der Waals surface area (Å²) < 4.78 is 41.3. The van der Waals surface area contributed by atoms with E-state index in [4.69, 9.17) is 62.1 Å². The van der Waals surface area contributed by atoms with E-state index in [1.807, 2.05) is 0 Å². The van der Waals surface area contributed by atoms with Gasteiger partial charge in [0.2, 0.25) is 47.3 Å². The number of hydrogen-bond acceptors (Lipinski definition) is 23. The Bertz CT molecular complexity index is 4530. The van der Waals surface area contributed by atoms with Gasteiger partial charge in [0.05, 0.1) is 23.3 Å². The zero-order valence-corrected chi connectivity index (χ0v) is 51.3. The van der Waals surface area contributed by atoms with Crippen LogP contribution in [0.3, 0.4) is 0 Å². The fourth-order valence-electron chi connectivity index (χ4n) is 11.8. The van der Waals surface area contributed by atoms with E-state index in [2.05, 4.69) is 31.9 Å². The first kappa shape index (κ1) is 64.2. The second-order valence-corrected chi connectivity index (χ2v) is 24.0. The number of aliphatic hydroxyl groups excluding tert-OH is 1. The lowest BCUT2D eigenvalue weighted by Crippen LogP contribution is -2.55. The Morgan fingerprint density at radius 1 is 0.505 bits per heavy atom. The molecule has 2 unspecified atom stereocenters. The number of amides is 6. The highest BCUT2D eigenvalue weighted by molar-refractivity contribution is 6.32. The van der Waals surface area contributed by atoms with E-state index < -0.39 is 165 Å². The summed E-state index contributed by atoms with van der Waals surface area (Å²) in [6.07, 6.45) is -5.58. The van der Waals surface area contributed by atoms with Gasteiger partial charge in [0, 0.05) is 48.1 Å². The van der Waals surface area contributed by atoms with Crippen LogP contribution in [0.15, 0.2) is 115 Å². The summed E-state index contributed by atoms with van der Waals surface area (Å²) in [4.78, 5) is 132. The normalized spacial score (nSPS) is 23.8. The van der Waals surface area contributed by atoms with Crippen LogP contribution in [0.25, 0.3) is 11.1 Å². The van der Waals surface area contributed by atoms with Crippen molar-refractivity contribution in [3.63, 3.8) is 0 Å². The second kappa shape index (κ2) is 25.7. The molecular weight excluding hydrogens is 1310 g/mol. The molecule has 29 nitrogen and oxygen atoms in total. The number of phenolic OH excluding ortho intramolecular Hbond substituents is 5. The van der Waals surface area contributed by atoms with E-state index in [1.54, 1.807) is 0 Å². The first-order valence-corrected chi connectivity index (χ1v) is 30.5. The Hall–Kier alpha value is -11.5. The molecule has 8 aliphatic heterocycles. The molecule has 15 rings (SSSR count). The Kier molecular flexibility index (Phi) is 17.0. The standard InChI is InChI=1S/C66H53Cl2N7O22/c67-36-13-25-1-7-42(36)94-47-20-30-21-48(57(47)96-44-9-11-91-64(44)88)95-43-8-4-28(18-37(43)68)56(81)55-63(87)74-54(66(90)97-45-10-12-92-65(45)89)35-23-32(77)24-41(80)49(35)34-17-27(3-5-39(34)78)51(60(84)75-55)72-62(86)53(30)73-61(85)52-29-15-31(76)22-33(16-29)93-46-19-26(2-6-40(46)79)50(69)59(83)70-38(14-25)58(82)71-52/h1-8,13,15-24,38,44-45,50-56,76-81H,9-12,14,69H2,(H,70,83)(H,71,82)(H,72,86)(H,73,85)(H,74,87)(H,75,84)/t38-,44?,45?,50+,51-,52+,53-,54-,55+,56-/m1/s1. The largest absolute Gasteiger partial charge is 0.508 e. The van der Waals surface area contributed by atoms with E-state index >= 15 is 24.0 Å². The van der Waals surface area contributed by atoms with Crippen molar-refractivity contribution in [3.8, 4) is 80.1 Å². The average molecular weight is 1370 g/mol. The van der Waals surface area contributed by atoms with Crippen molar-refractivity contribution in [2.24, 2.45) is 5.73 Å². The van der Waals surface area contributed by atoms with Crippen molar-refractivity contribution in [2.45, 2.75) is 79.9 Å². The van der Waals surface area contributed by atoms with Crippen molar-refractivity contribution in [1.29, 1.82) is 0 Å². The number of rotatable bonds is 4. The SMILES string of the molecule is N[C@@H]1C(=O)N[C@@H]2Cc3ccc(c(Cl)c3)Oc3cc4cc(c3OC3CCOC3=O)Oc3ccc(cc3Cl)[C@@H](O)[C@@H]3NC(=O)[C@H](NC(=O)[C@@H]4NC(=O)[C@@H](NC2=O)c2cc(O)cc(c2)Oc2cc1ccc2O)c1ccc(O)c(c1)-c1c(O)cc(O)cc1[C@H](C(=O)OC1CCOC1=O)NC3=O. The van der Waals surface area contributed by atoms with Crippen LogP contribution < -0.4 is 56.6 Å². The number of phenols is 5. The van der Waals surface area contributed by atoms with E-state index in [0.29, 0.717) is 5.56 Å². The van der Waals surface area contributed by atoms with Crippen LogP contribution in [0.4, 0.5) is 0 Å². The summed E-state index contributed by atoms with van der Waals surface area (Å²) in [5.74, 6) is -16.0. The predicted molar refractivity (Wildman–Crippen MR) is 331 cm³/mol. The number of aliphatic hydroxyl groups is 1. The van der Waals surface area contributed by atoms with E-state index in [9.17, 15) is 49.8 Å². The quantitative estimate of drug-likeness (QED) is 0.0835. The number of carbonyl (C=O) groups is 9. The molecule has 2 fully saturated rings. The molecule has 0 aliphatic carbocycles. The number of hydrogen-bond donors (Lipinski definition) is 13. The lowest BCUT2D eigenvalue weighted by molar-refractivity contribution is -0.162. The van der Waals surface area contributed by atoms with Crippen LogP contribution in [-0.2, 0) is 63.8 Å². The van der Waals surface area contributed by atoms with Gasteiger partial charge in [-0.1, -0.05) is 47.5 Å². The average Bonchev–Trinajstić information content (AvgIpc) is 1.60. The van der Waals surface area contributed by atoms with Crippen LogP contribution in [-0.4, -0.2) is 121 Å². The van der Waals surface area contributed by atoms with Crippen LogP contribution in [0.5, 0.6) is 69.0 Å². The van der Waals surface area contributed by atoms with Gasteiger partial charge in [-0.05, 0) is 112 Å².